The highest BCUT2D eigenvalue weighted by Gasteiger charge is 2.27. The molecule has 0 bridgehead atoms. The first kappa shape index (κ1) is 16.5. The summed E-state index contributed by atoms with van der Waals surface area (Å²) in [5.41, 5.74) is 3.29. The van der Waals surface area contributed by atoms with Gasteiger partial charge < -0.3 is 9.88 Å². The summed E-state index contributed by atoms with van der Waals surface area (Å²) in [4.78, 5) is 16.8. The van der Waals surface area contributed by atoms with Crippen molar-refractivity contribution in [3.05, 3.63) is 65.8 Å². The quantitative estimate of drug-likeness (QED) is 0.767. The van der Waals surface area contributed by atoms with Gasteiger partial charge in [-0.15, -0.1) is 0 Å². The molecule has 3 aromatic rings. The Morgan fingerprint density at radius 1 is 1.31 bits per heavy atom. The van der Waals surface area contributed by atoms with Crippen LogP contribution < -0.4 is 5.32 Å². The summed E-state index contributed by atoms with van der Waals surface area (Å²) in [6, 6.07) is 6.13. The van der Waals surface area contributed by atoms with Crippen LogP contribution >= 0.6 is 0 Å². The van der Waals surface area contributed by atoms with Crippen molar-refractivity contribution < 1.29 is 9.18 Å². The van der Waals surface area contributed by atoms with Gasteiger partial charge >= 0.3 is 0 Å². The number of imidazole rings is 1. The number of nitrogens with one attached hydrogen (secondary N) is 1. The third-order valence-corrected chi connectivity index (χ3v) is 4.64. The maximum Gasteiger partial charge on any atom is 0.272 e. The Hall–Kier alpha value is -2.96. The zero-order chi connectivity index (χ0) is 18.1. The number of carbonyl (C=O) groups is 1. The van der Waals surface area contributed by atoms with Crippen molar-refractivity contribution in [2.24, 2.45) is 0 Å². The van der Waals surface area contributed by atoms with Crippen molar-refractivity contribution in [2.45, 2.75) is 38.8 Å². The van der Waals surface area contributed by atoms with Gasteiger partial charge in [0.15, 0.2) is 5.69 Å². The summed E-state index contributed by atoms with van der Waals surface area (Å²) in [5, 5.41) is 7.56. The monoisotopic (exact) mass is 353 g/mol. The van der Waals surface area contributed by atoms with Gasteiger partial charge in [0.25, 0.3) is 5.91 Å². The van der Waals surface area contributed by atoms with Crippen LogP contribution in [0.5, 0.6) is 0 Å². The molecule has 0 aliphatic heterocycles. The molecule has 1 aliphatic carbocycles. The van der Waals surface area contributed by atoms with Gasteiger partial charge in [-0.25, -0.2) is 14.1 Å². The molecule has 6 nitrogen and oxygen atoms in total. The van der Waals surface area contributed by atoms with Crippen LogP contribution in [-0.2, 0) is 19.4 Å². The van der Waals surface area contributed by atoms with Crippen LogP contribution in [0.25, 0.3) is 5.69 Å². The van der Waals surface area contributed by atoms with E-state index in [0.717, 1.165) is 36.2 Å². The van der Waals surface area contributed by atoms with Crippen molar-refractivity contribution in [3.8, 4) is 5.69 Å². The molecule has 1 aliphatic rings. The van der Waals surface area contributed by atoms with Crippen molar-refractivity contribution in [2.75, 3.05) is 0 Å². The van der Waals surface area contributed by atoms with E-state index in [1.807, 2.05) is 17.7 Å². The highest BCUT2D eigenvalue weighted by molar-refractivity contribution is 5.94. The van der Waals surface area contributed by atoms with E-state index in [1.165, 1.54) is 12.1 Å². The predicted molar refractivity (Wildman–Crippen MR) is 94.7 cm³/mol. The van der Waals surface area contributed by atoms with Crippen LogP contribution in [-0.4, -0.2) is 31.3 Å². The Morgan fingerprint density at radius 2 is 2.12 bits per heavy atom. The number of amides is 1. The lowest BCUT2D eigenvalue weighted by molar-refractivity contribution is 0.0930. The summed E-state index contributed by atoms with van der Waals surface area (Å²) in [5.74, 6) is -0.458. The van der Waals surface area contributed by atoms with Gasteiger partial charge in [0.05, 0.1) is 12.0 Å². The molecule has 7 heteroatoms. The molecule has 1 unspecified atom stereocenters. The Morgan fingerprint density at radius 3 is 2.85 bits per heavy atom. The second-order valence-electron chi connectivity index (χ2n) is 6.65. The molecule has 1 amide bonds. The minimum atomic E-state index is -0.288. The largest absolute Gasteiger partial charge is 0.346 e. The molecule has 0 radical (unpaired) electrons. The zero-order valence-corrected chi connectivity index (χ0v) is 14.5. The average molecular weight is 353 g/mol. The number of hydrogen-bond acceptors (Lipinski definition) is 3. The van der Waals surface area contributed by atoms with E-state index in [9.17, 15) is 9.18 Å². The molecule has 1 atom stereocenters. The summed E-state index contributed by atoms with van der Waals surface area (Å²) in [7, 11) is 0. The van der Waals surface area contributed by atoms with Crippen LogP contribution in [0.1, 0.15) is 35.1 Å². The van der Waals surface area contributed by atoms with E-state index in [2.05, 4.69) is 15.4 Å². The molecule has 1 aromatic carbocycles. The first-order chi connectivity index (χ1) is 12.6. The van der Waals surface area contributed by atoms with Crippen molar-refractivity contribution in [1.29, 1.82) is 0 Å². The standard InChI is InChI=1S/C19H20FN5O/c1-13(11-24-10-9-21-12-24)22-19(26)18-16-3-2-4-17(16)25(23-18)15-7-5-14(20)6-8-15/h5-10,12-13H,2-4,11H2,1H3,(H,22,26). The average Bonchev–Trinajstić information content (AvgIpc) is 3.32. The topological polar surface area (TPSA) is 64.7 Å². The van der Waals surface area contributed by atoms with Crippen LogP contribution in [0.4, 0.5) is 4.39 Å². The van der Waals surface area contributed by atoms with E-state index in [-0.39, 0.29) is 17.8 Å². The number of nitrogens with zero attached hydrogens (tertiary/aromatic N) is 4. The SMILES string of the molecule is CC(Cn1ccnc1)NC(=O)c1nn(-c2ccc(F)cc2)c2c1CCC2. The number of rotatable bonds is 5. The highest BCUT2D eigenvalue weighted by Crippen LogP contribution is 2.28. The lowest BCUT2D eigenvalue weighted by Crippen LogP contribution is -2.36. The van der Waals surface area contributed by atoms with Crippen LogP contribution in [0.15, 0.2) is 43.0 Å². The van der Waals surface area contributed by atoms with Gasteiger partial charge in [-0.05, 0) is 50.5 Å². The fraction of sp³-hybridized carbons (Fsp3) is 0.316. The smallest absolute Gasteiger partial charge is 0.272 e. The van der Waals surface area contributed by atoms with E-state index >= 15 is 0 Å². The molecular formula is C19H20FN5O. The molecule has 4 rings (SSSR count). The minimum Gasteiger partial charge on any atom is -0.346 e. The summed E-state index contributed by atoms with van der Waals surface area (Å²) < 4.78 is 16.9. The first-order valence-electron chi connectivity index (χ1n) is 8.75. The molecule has 26 heavy (non-hydrogen) atoms. The Kier molecular flexibility index (Phi) is 4.28. The second-order valence-corrected chi connectivity index (χ2v) is 6.65. The van der Waals surface area contributed by atoms with Crippen LogP contribution in [0, 0.1) is 5.82 Å². The van der Waals surface area contributed by atoms with Gasteiger partial charge in [0.1, 0.15) is 5.82 Å². The molecular weight excluding hydrogens is 333 g/mol. The third-order valence-electron chi connectivity index (χ3n) is 4.64. The van der Waals surface area contributed by atoms with Gasteiger partial charge in [-0.2, -0.15) is 5.10 Å². The van der Waals surface area contributed by atoms with Gasteiger partial charge in [-0.3, -0.25) is 4.79 Å². The third kappa shape index (κ3) is 3.12. The molecule has 2 aromatic heterocycles. The minimum absolute atomic E-state index is 0.0512. The van der Waals surface area contributed by atoms with Crippen LogP contribution in [0.2, 0.25) is 0 Å². The maximum atomic E-state index is 13.2. The van der Waals surface area contributed by atoms with Crippen molar-refractivity contribution >= 4 is 5.91 Å². The Balaban J connectivity index is 1.57. The van der Waals surface area contributed by atoms with Crippen molar-refractivity contribution in [3.63, 3.8) is 0 Å². The van der Waals surface area contributed by atoms with E-state index < -0.39 is 0 Å². The molecule has 0 spiro atoms. The predicted octanol–water partition coefficient (Wildman–Crippen LogP) is 2.52. The lowest BCUT2D eigenvalue weighted by atomic mass is 10.2. The number of fused-ring (bicyclic) bond motifs is 1. The highest BCUT2D eigenvalue weighted by atomic mass is 19.1. The molecule has 0 saturated carbocycles. The number of halogens is 1. The van der Waals surface area contributed by atoms with Gasteiger partial charge in [0.2, 0.25) is 0 Å². The number of aromatic nitrogens is 4. The van der Waals surface area contributed by atoms with Crippen LogP contribution in [0.3, 0.4) is 0 Å². The number of hydrogen-bond donors (Lipinski definition) is 1. The fourth-order valence-electron chi connectivity index (χ4n) is 3.46. The molecule has 1 N–H and O–H groups in total. The van der Waals surface area contributed by atoms with Crippen molar-refractivity contribution in [1.82, 2.24) is 24.6 Å². The molecule has 0 saturated heterocycles. The number of carbonyl (C=O) groups excluding carboxylic acids is 1. The fourth-order valence-corrected chi connectivity index (χ4v) is 3.46. The molecule has 134 valence electrons. The molecule has 2 heterocycles. The number of benzene rings is 1. The normalized spacial score (nSPS) is 14.2. The van der Waals surface area contributed by atoms with Gasteiger partial charge in [0, 0.05) is 36.2 Å². The summed E-state index contributed by atoms with van der Waals surface area (Å²) >= 11 is 0. The van der Waals surface area contributed by atoms with E-state index in [4.69, 9.17) is 0 Å². The Labute approximate surface area is 150 Å². The lowest BCUT2D eigenvalue weighted by Gasteiger charge is -2.14. The molecule has 0 fully saturated rings. The second kappa shape index (κ2) is 6.74. The van der Waals surface area contributed by atoms with Gasteiger partial charge in [-0.1, -0.05) is 0 Å². The Bertz CT molecular complexity index is 914. The summed E-state index contributed by atoms with van der Waals surface area (Å²) in [6.07, 6.45) is 8.02. The first-order valence-corrected chi connectivity index (χ1v) is 8.75. The summed E-state index contributed by atoms with van der Waals surface area (Å²) in [6.45, 7) is 2.60. The van der Waals surface area contributed by atoms with E-state index in [1.54, 1.807) is 29.3 Å². The zero-order valence-electron chi connectivity index (χ0n) is 14.5. The maximum absolute atomic E-state index is 13.2. The van der Waals surface area contributed by atoms with E-state index in [0.29, 0.717) is 12.2 Å².